The Morgan fingerprint density at radius 1 is 0.895 bits per heavy atom. The van der Waals surface area contributed by atoms with E-state index in [2.05, 4.69) is 0 Å². The lowest BCUT2D eigenvalue weighted by Gasteiger charge is -2.39. The third kappa shape index (κ3) is 4.14. The second-order valence-electron chi connectivity index (χ2n) is 8.49. The van der Waals surface area contributed by atoms with Crippen LogP contribution in [0.3, 0.4) is 0 Å². The van der Waals surface area contributed by atoms with Crippen molar-refractivity contribution < 1.29 is 58.0 Å². The molecule has 38 heavy (non-hydrogen) atoms. The fourth-order valence-electron chi connectivity index (χ4n) is 4.42. The van der Waals surface area contributed by atoms with E-state index in [1.807, 2.05) is 0 Å². The third-order valence-corrected chi connectivity index (χ3v) is 6.36. The second-order valence-corrected chi connectivity index (χ2v) is 8.49. The molecule has 2 aliphatic heterocycles. The minimum absolute atomic E-state index is 0.00755. The number of hydrogen-bond acceptors (Lipinski definition) is 13. The highest BCUT2D eigenvalue weighted by Crippen LogP contribution is 2.45. The van der Waals surface area contributed by atoms with Gasteiger partial charge in [-0.1, -0.05) is 0 Å². The SMILES string of the molecule is COc1c(-c2ccc3c(c2)OCO3)oc2c(OC)c(O[C@@H]3O[C@H](CO)[C@@H](O)[C@H](O)[C@H]3O)cc(OC)c2c1=O. The molecule has 0 amide bonds. The minimum atomic E-state index is -1.69. The Kier molecular flexibility index (Phi) is 6.94. The normalized spacial score (nSPS) is 24.3. The third-order valence-electron chi connectivity index (χ3n) is 6.36. The first kappa shape index (κ1) is 25.9. The largest absolute Gasteiger partial charge is 0.496 e. The molecular weight excluding hydrogens is 508 g/mol. The van der Waals surface area contributed by atoms with Crippen molar-refractivity contribution in [2.45, 2.75) is 30.7 Å². The molecule has 1 aromatic heterocycles. The summed E-state index contributed by atoms with van der Waals surface area (Å²) in [4.78, 5) is 13.6. The van der Waals surface area contributed by atoms with Crippen LogP contribution in [0.1, 0.15) is 0 Å². The van der Waals surface area contributed by atoms with E-state index < -0.39 is 42.7 Å². The average Bonchev–Trinajstić information content (AvgIpc) is 3.40. The molecule has 3 heterocycles. The summed E-state index contributed by atoms with van der Waals surface area (Å²) in [6, 6.07) is 6.28. The van der Waals surface area contributed by atoms with Crippen molar-refractivity contribution in [3.05, 3.63) is 34.5 Å². The molecule has 5 rings (SSSR count). The predicted molar refractivity (Wildman–Crippen MR) is 128 cm³/mol. The van der Waals surface area contributed by atoms with Gasteiger partial charge in [0, 0.05) is 11.6 Å². The Bertz CT molecular complexity index is 1400. The Morgan fingerprint density at radius 3 is 2.32 bits per heavy atom. The molecule has 2 aliphatic rings. The zero-order valence-electron chi connectivity index (χ0n) is 20.6. The van der Waals surface area contributed by atoms with E-state index in [4.69, 9.17) is 37.6 Å². The maximum absolute atomic E-state index is 13.6. The summed E-state index contributed by atoms with van der Waals surface area (Å²) in [6.45, 7) is -0.586. The van der Waals surface area contributed by atoms with E-state index >= 15 is 0 Å². The van der Waals surface area contributed by atoms with Crippen LogP contribution in [0.5, 0.6) is 34.5 Å². The standard InChI is InChI=1S/C25H26O13/c1-31-13-7-14(36-25-20(30)19(29)17(27)15(8-26)37-25)22(32-2)23-16(13)18(28)24(33-3)21(38-23)10-4-5-11-12(6-10)35-9-34-11/h4-7,15,17,19-20,25-27,29-30H,8-9H2,1-3H3/t15-,17-,19+,20-,25-/m1/s1. The van der Waals surface area contributed by atoms with Gasteiger partial charge in [-0.05, 0) is 18.2 Å². The van der Waals surface area contributed by atoms with Crippen molar-refractivity contribution in [3.63, 3.8) is 0 Å². The summed E-state index contributed by atoms with van der Waals surface area (Å²) in [7, 11) is 3.97. The van der Waals surface area contributed by atoms with Gasteiger partial charge in [-0.15, -0.1) is 0 Å². The summed E-state index contributed by atoms with van der Waals surface area (Å²) in [5.74, 6) is 0.852. The summed E-state index contributed by atoms with van der Waals surface area (Å²) in [6.07, 6.45) is -7.66. The Labute approximate surface area is 215 Å². The van der Waals surface area contributed by atoms with Crippen molar-refractivity contribution in [2.75, 3.05) is 34.7 Å². The van der Waals surface area contributed by atoms with Crippen molar-refractivity contribution in [3.8, 4) is 45.8 Å². The van der Waals surface area contributed by atoms with Crippen molar-refractivity contribution in [1.82, 2.24) is 0 Å². The molecule has 3 aromatic rings. The lowest BCUT2D eigenvalue weighted by molar-refractivity contribution is -0.277. The first-order chi connectivity index (χ1) is 18.3. The van der Waals surface area contributed by atoms with E-state index in [0.29, 0.717) is 17.1 Å². The molecule has 1 saturated heterocycles. The highest BCUT2D eigenvalue weighted by Gasteiger charge is 2.45. The maximum Gasteiger partial charge on any atom is 0.239 e. The highest BCUT2D eigenvalue weighted by atomic mass is 16.7. The van der Waals surface area contributed by atoms with E-state index in [-0.39, 0.29) is 46.5 Å². The first-order valence-electron chi connectivity index (χ1n) is 11.5. The molecule has 0 saturated carbocycles. The molecular formula is C25H26O13. The van der Waals surface area contributed by atoms with Crippen LogP contribution >= 0.6 is 0 Å². The van der Waals surface area contributed by atoms with Gasteiger partial charge in [-0.3, -0.25) is 4.79 Å². The average molecular weight is 534 g/mol. The molecule has 4 N–H and O–H groups in total. The van der Waals surface area contributed by atoms with Gasteiger partial charge in [-0.25, -0.2) is 0 Å². The Morgan fingerprint density at radius 2 is 1.63 bits per heavy atom. The minimum Gasteiger partial charge on any atom is -0.496 e. The van der Waals surface area contributed by atoms with Gasteiger partial charge < -0.3 is 58.0 Å². The monoisotopic (exact) mass is 534 g/mol. The highest BCUT2D eigenvalue weighted by molar-refractivity contribution is 5.93. The van der Waals surface area contributed by atoms with Gasteiger partial charge in [-0.2, -0.15) is 0 Å². The second kappa shape index (κ2) is 10.2. The predicted octanol–water partition coefficient (Wildman–Crippen LogP) is 0.393. The zero-order chi connectivity index (χ0) is 27.1. The Balaban J connectivity index is 1.67. The molecule has 0 bridgehead atoms. The fourth-order valence-corrected chi connectivity index (χ4v) is 4.42. The molecule has 13 heteroatoms. The van der Waals surface area contributed by atoms with E-state index in [1.165, 1.54) is 27.4 Å². The number of benzene rings is 2. The summed E-state index contributed by atoms with van der Waals surface area (Å²) in [5.41, 5.74) is -0.174. The van der Waals surface area contributed by atoms with Gasteiger partial charge in [0.05, 0.1) is 27.9 Å². The van der Waals surface area contributed by atoms with E-state index in [1.54, 1.807) is 18.2 Å². The van der Waals surface area contributed by atoms with Crippen molar-refractivity contribution in [1.29, 1.82) is 0 Å². The van der Waals surface area contributed by atoms with Gasteiger partial charge in [0.25, 0.3) is 0 Å². The zero-order valence-corrected chi connectivity index (χ0v) is 20.6. The summed E-state index contributed by atoms with van der Waals surface area (Å²) >= 11 is 0. The number of fused-ring (bicyclic) bond motifs is 2. The number of methoxy groups -OCH3 is 3. The van der Waals surface area contributed by atoms with Gasteiger partial charge >= 0.3 is 0 Å². The molecule has 0 spiro atoms. The first-order valence-corrected chi connectivity index (χ1v) is 11.5. The quantitative estimate of drug-likeness (QED) is 0.328. The van der Waals surface area contributed by atoms with Gasteiger partial charge in [0.1, 0.15) is 35.6 Å². The van der Waals surface area contributed by atoms with Crippen LogP contribution in [0.15, 0.2) is 33.5 Å². The molecule has 0 aliphatic carbocycles. The molecule has 0 radical (unpaired) electrons. The molecule has 0 unspecified atom stereocenters. The van der Waals surface area contributed by atoms with Crippen LogP contribution in [-0.2, 0) is 4.74 Å². The topological polar surface area (TPSA) is 176 Å². The van der Waals surface area contributed by atoms with Crippen LogP contribution in [0.2, 0.25) is 0 Å². The van der Waals surface area contributed by atoms with Crippen molar-refractivity contribution in [2.24, 2.45) is 0 Å². The molecule has 1 fully saturated rings. The molecule has 2 aromatic carbocycles. The lowest BCUT2D eigenvalue weighted by atomic mass is 9.99. The summed E-state index contributed by atoms with van der Waals surface area (Å²) in [5, 5.41) is 40.1. The van der Waals surface area contributed by atoms with Gasteiger partial charge in [0.15, 0.2) is 28.6 Å². The Hall–Kier alpha value is -3.75. The van der Waals surface area contributed by atoms with Crippen LogP contribution < -0.4 is 33.8 Å². The number of aliphatic hydroxyl groups excluding tert-OH is 4. The van der Waals surface area contributed by atoms with Crippen LogP contribution in [-0.4, -0.2) is 85.9 Å². The van der Waals surface area contributed by atoms with E-state index in [0.717, 1.165) is 0 Å². The number of aliphatic hydroxyl groups is 4. The lowest BCUT2D eigenvalue weighted by Crippen LogP contribution is -2.60. The van der Waals surface area contributed by atoms with Gasteiger partial charge in [0.2, 0.25) is 30.0 Å². The molecule has 5 atom stereocenters. The molecule has 13 nitrogen and oxygen atoms in total. The number of ether oxygens (including phenoxy) is 7. The van der Waals surface area contributed by atoms with E-state index in [9.17, 15) is 25.2 Å². The van der Waals surface area contributed by atoms with Crippen LogP contribution in [0.25, 0.3) is 22.3 Å². The smallest absolute Gasteiger partial charge is 0.239 e. The number of hydrogen-bond donors (Lipinski definition) is 4. The van der Waals surface area contributed by atoms with Crippen LogP contribution in [0, 0.1) is 0 Å². The molecule has 204 valence electrons. The summed E-state index contributed by atoms with van der Waals surface area (Å²) < 4.78 is 44.6. The van der Waals surface area contributed by atoms with Crippen LogP contribution in [0.4, 0.5) is 0 Å². The fraction of sp³-hybridized carbons (Fsp3) is 0.400. The maximum atomic E-state index is 13.6. The number of rotatable bonds is 7. The van der Waals surface area contributed by atoms with Crippen molar-refractivity contribution >= 4 is 11.0 Å².